The lowest BCUT2D eigenvalue weighted by atomic mass is 10.1. The number of amides is 1. The van der Waals surface area contributed by atoms with Crippen molar-refractivity contribution >= 4 is 44.3 Å². The first-order chi connectivity index (χ1) is 14.2. The molecule has 0 radical (unpaired) electrons. The van der Waals surface area contributed by atoms with E-state index in [0.717, 1.165) is 21.5 Å². The molecule has 3 N–H and O–H groups in total. The zero-order valence-corrected chi connectivity index (χ0v) is 18.5. The van der Waals surface area contributed by atoms with Gasteiger partial charge in [-0.2, -0.15) is 0 Å². The number of rotatable bonds is 7. The number of nitrogens with zero attached hydrogens (tertiary/aromatic N) is 1. The Morgan fingerprint density at radius 2 is 1.93 bits per heavy atom. The number of hydrogen-bond donors (Lipinski definition) is 2. The number of carbonyl (C=O) groups excluding carboxylic acids is 1. The quantitative estimate of drug-likeness (QED) is 0.536. The molecule has 0 bridgehead atoms. The van der Waals surface area contributed by atoms with Crippen molar-refractivity contribution in [1.29, 1.82) is 0 Å². The predicted octanol–water partition coefficient (Wildman–Crippen LogP) is 3.71. The highest BCUT2D eigenvalue weighted by Crippen LogP contribution is 2.32. The van der Waals surface area contributed by atoms with Crippen LogP contribution in [-0.2, 0) is 14.8 Å². The van der Waals surface area contributed by atoms with E-state index in [1.165, 1.54) is 36.0 Å². The van der Waals surface area contributed by atoms with E-state index in [0.29, 0.717) is 17.9 Å². The zero-order valence-electron chi connectivity index (χ0n) is 16.9. The molecule has 1 amide bonds. The second-order valence-corrected chi connectivity index (χ2v) is 9.49. The van der Waals surface area contributed by atoms with E-state index in [9.17, 15) is 13.2 Å². The molecule has 30 heavy (non-hydrogen) atoms. The molecule has 0 fully saturated rings. The summed E-state index contributed by atoms with van der Waals surface area (Å²) in [6, 6.07) is 13.5. The Morgan fingerprint density at radius 3 is 2.53 bits per heavy atom. The molecule has 0 saturated carbocycles. The van der Waals surface area contributed by atoms with Gasteiger partial charge in [-0.3, -0.25) is 4.79 Å². The third kappa shape index (κ3) is 4.92. The first-order valence-corrected chi connectivity index (χ1v) is 11.7. The summed E-state index contributed by atoms with van der Waals surface area (Å²) in [5, 5.41) is 9.29. The lowest BCUT2D eigenvalue weighted by molar-refractivity contribution is -0.115. The number of nitrogens with one attached hydrogen (secondary N) is 1. The van der Waals surface area contributed by atoms with Gasteiger partial charge in [-0.15, -0.1) is 0 Å². The van der Waals surface area contributed by atoms with Gasteiger partial charge in [0.25, 0.3) is 0 Å². The van der Waals surface area contributed by atoms with Crippen molar-refractivity contribution in [3.05, 3.63) is 54.1 Å². The minimum Gasteiger partial charge on any atom is -0.494 e. The second kappa shape index (κ2) is 9.03. The summed E-state index contributed by atoms with van der Waals surface area (Å²) < 4.78 is 28.1. The molecule has 0 aliphatic carbocycles. The van der Waals surface area contributed by atoms with Crippen LogP contribution in [0.25, 0.3) is 10.9 Å². The molecule has 3 aromatic rings. The molecule has 0 saturated heterocycles. The molecule has 9 heteroatoms. The van der Waals surface area contributed by atoms with Crippen molar-refractivity contribution in [2.45, 2.75) is 35.4 Å². The Labute approximate surface area is 180 Å². The van der Waals surface area contributed by atoms with Gasteiger partial charge in [-0.25, -0.2) is 18.5 Å². The molecule has 158 valence electrons. The maximum atomic E-state index is 12.8. The van der Waals surface area contributed by atoms with Gasteiger partial charge in [0.15, 0.2) is 0 Å². The van der Waals surface area contributed by atoms with Gasteiger partial charge in [0.05, 0.1) is 22.3 Å². The molecule has 0 aliphatic heterocycles. The molecular formula is C21H23N3O4S2. The van der Waals surface area contributed by atoms with Gasteiger partial charge in [-0.1, -0.05) is 30.8 Å². The largest absolute Gasteiger partial charge is 0.494 e. The highest BCUT2D eigenvalue weighted by molar-refractivity contribution is 8.00. The van der Waals surface area contributed by atoms with E-state index in [1.54, 1.807) is 7.11 Å². The number of fused-ring (bicyclic) bond motifs is 1. The third-order valence-electron chi connectivity index (χ3n) is 4.58. The molecule has 1 aromatic heterocycles. The van der Waals surface area contributed by atoms with E-state index in [4.69, 9.17) is 14.9 Å². The van der Waals surface area contributed by atoms with Crippen molar-refractivity contribution in [2.75, 3.05) is 12.4 Å². The fraction of sp³-hybridized carbons (Fsp3) is 0.238. The molecule has 1 atom stereocenters. The number of para-hydroxylation sites is 1. The molecule has 7 nitrogen and oxygen atoms in total. The van der Waals surface area contributed by atoms with Gasteiger partial charge in [-0.05, 0) is 55.3 Å². The molecule has 1 heterocycles. The second-order valence-electron chi connectivity index (χ2n) is 6.71. The Hall–Kier alpha value is -2.62. The SMILES string of the molecule is CCC(Sc1cc(C)c2cccc(OC)c2n1)C(=O)Nc1ccc(S(N)(=O)=O)cc1. The number of methoxy groups -OCH3 is 1. The van der Waals surface area contributed by atoms with Crippen LogP contribution in [0.4, 0.5) is 5.69 Å². The topological polar surface area (TPSA) is 111 Å². The number of aromatic nitrogens is 1. The standard InChI is InChI=1S/C21H23N3O4S2/c1-4-18(21(25)23-14-8-10-15(11-9-14)30(22,26)27)29-19-12-13(2)16-6-5-7-17(28-3)20(16)24-19/h5-12,18H,4H2,1-3H3,(H,23,25)(H2,22,26,27). The van der Waals surface area contributed by atoms with Gasteiger partial charge >= 0.3 is 0 Å². The van der Waals surface area contributed by atoms with E-state index < -0.39 is 10.0 Å². The number of pyridine rings is 1. The minimum absolute atomic E-state index is 0.00768. The number of sulfonamides is 1. The Kier molecular flexibility index (Phi) is 6.64. The average molecular weight is 446 g/mol. The number of ether oxygens (including phenoxy) is 1. The lowest BCUT2D eigenvalue weighted by Gasteiger charge is -2.16. The van der Waals surface area contributed by atoms with E-state index >= 15 is 0 Å². The smallest absolute Gasteiger partial charge is 0.238 e. The first-order valence-electron chi connectivity index (χ1n) is 9.27. The number of thioether (sulfide) groups is 1. The summed E-state index contributed by atoms with van der Waals surface area (Å²) in [4.78, 5) is 17.5. The summed E-state index contributed by atoms with van der Waals surface area (Å²) in [5.74, 6) is 0.496. The fourth-order valence-electron chi connectivity index (χ4n) is 3.01. The van der Waals surface area contributed by atoms with Crippen LogP contribution >= 0.6 is 11.8 Å². The fourth-order valence-corrected chi connectivity index (χ4v) is 4.53. The summed E-state index contributed by atoms with van der Waals surface area (Å²) in [7, 11) is -2.17. The lowest BCUT2D eigenvalue weighted by Crippen LogP contribution is -2.24. The van der Waals surface area contributed by atoms with Crippen LogP contribution in [0.3, 0.4) is 0 Å². The van der Waals surface area contributed by atoms with E-state index in [1.807, 2.05) is 38.1 Å². The van der Waals surface area contributed by atoms with Crippen LogP contribution in [0.5, 0.6) is 5.75 Å². The number of primary sulfonamides is 1. The van der Waals surface area contributed by atoms with Crippen molar-refractivity contribution in [2.24, 2.45) is 5.14 Å². The Morgan fingerprint density at radius 1 is 1.23 bits per heavy atom. The van der Waals surface area contributed by atoms with Gasteiger partial charge in [0, 0.05) is 11.1 Å². The monoisotopic (exact) mass is 445 g/mol. The predicted molar refractivity (Wildman–Crippen MR) is 119 cm³/mol. The van der Waals surface area contributed by atoms with Crippen LogP contribution in [0.2, 0.25) is 0 Å². The van der Waals surface area contributed by atoms with Gasteiger partial charge in [0.1, 0.15) is 11.3 Å². The molecule has 0 aliphatic rings. The van der Waals surface area contributed by atoms with Gasteiger partial charge in [0.2, 0.25) is 15.9 Å². The zero-order chi connectivity index (χ0) is 21.9. The van der Waals surface area contributed by atoms with Crippen molar-refractivity contribution < 1.29 is 17.9 Å². The van der Waals surface area contributed by atoms with E-state index in [2.05, 4.69) is 5.32 Å². The molecule has 1 unspecified atom stereocenters. The minimum atomic E-state index is -3.77. The Bertz CT molecular complexity index is 1180. The van der Waals surface area contributed by atoms with Crippen LogP contribution in [0.15, 0.2) is 58.5 Å². The first kappa shape index (κ1) is 22.1. The van der Waals surface area contributed by atoms with Crippen molar-refractivity contribution in [1.82, 2.24) is 4.98 Å². The van der Waals surface area contributed by atoms with E-state index in [-0.39, 0.29) is 16.1 Å². The molecule has 0 spiro atoms. The normalized spacial score (nSPS) is 12.5. The summed E-state index contributed by atoms with van der Waals surface area (Å²) in [6.07, 6.45) is 0.594. The van der Waals surface area contributed by atoms with Crippen LogP contribution in [0, 0.1) is 6.92 Å². The number of anilines is 1. The summed E-state index contributed by atoms with van der Waals surface area (Å²) in [6.45, 7) is 3.93. The Balaban J connectivity index is 1.80. The number of nitrogens with two attached hydrogens (primary N) is 1. The number of hydrogen-bond acceptors (Lipinski definition) is 6. The van der Waals surface area contributed by atoms with Crippen LogP contribution < -0.4 is 15.2 Å². The third-order valence-corrected chi connectivity index (χ3v) is 6.79. The number of benzene rings is 2. The van der Waals surface area contributed by atoms with Crippen LogP contribution in [-0.4, -0.2) is 31.7 Å². The number of carbonyl (C=O) groups is 1. The summed E-state index contributed by atoms with van der Waals surface area (Å²) in [5.41, 5.74) is 2.31. The maximum Gasteiger partial charge on any atom is 0.238 e. The molecule has 3 rings (SSSR count). The number of aryl methyl sites for hydroxylation is 1. The maximum absolute atomic E-state index is 12.8. The molecular weight excluding hydrogens is 422 g/mol. The van der Waals surface area contributed by atoms with Crippen molar-refractivity contribution in [3.8, 4) is 5.75 Å². The summed E-state index contributed by atoms with van der Waals surface area (Å²) >= 11 is 1.38. The van der Waals surface area contributed by atoms with Gasteiger partial charge < -0.3 is 10.1 Å². The molecule has 2 aromatic carbocycles. The highest BCUT2D eigenvalue weighted by Gasteiger charge is 2.20. The van der Waals surface area contributed by atoms with Crippen molar-refractivity contribution in [3.63, 3.8) is 0 Å². The highest BCUT2D eigenvalue weighted by atomic mass is 32.2. The van der Waals surface area contributed by atoms with Crippen LogP contribution in [0.1, 0.15) is 18.9 Å². The average Bonchev–Trinajstić information content (AvgIpc) is 2.71.